The number of hydrogen-bond donors (Lipinski definition) is 1. The van der Waals surface area contributed by atoms with Crippen molar-refractivity contribution in [2.75, 3.05) is 0 Å². The van der Waals surface area contributed by atoms with Crippen LogP contribution < -0.4 is 5.73 Å². The third-order valence-corrected chi connectivity index (χ3v) is 10.6. The highest BCUT2D eigenvalue weighted by Gasteiger charge is 2.60. The van der Waals surface area contributed by atoms with Gasteiger partial charge in [-0.15, -0.1) is 0 Å². The first-order chi connectivity index (χ1) is 12.7. The van der Waals surface area contributed by atoms with E-state index in [0.29, 0.717) is 10.8 Å². The topological polar surface area (TPSA) is 26.0 Å². The van der Waals surface area contributed by atoms with Gasteiger partial charge in [0.15, 0.2) is 0 Å². The molecule has 27 heavy (non-hydrogen) atoms. The normalized spacial score (nSPS) is 48.4. The van der Waals surface area contributed by atoms with Crippen LogP contribution in [0.4, 0.5) is 0 Å². The van der Waals surface area contributed by atoms with E-state index in [2.05, 4.69) is 34.6 Å². The van der Waals surface area contributed by atoms with Gasteiger partial charge in [-0.05, 0) is 124 Å². The maximum absolute atomic E-state index is 6.31. The number of rotatable bonds is 4. The van der Waals surface area contributed by atoms with Crippen LogP contribution in [0.25, 0.3) is 0 Å². The van der Waals surface area contributed by atoms with Gasteiger partial charge in [-0.3, -0.25) is 0 Å². The van der Waals surface area contributed by atoms with Crippen LogP contribution in [0, 0.1) is 46.3 Å². The minimum absolute atomic E-state index is 0.00120. The Bertz CT molecular complexity index is 533. The molecular formula is C26H47N. The summed E-state index contributed by atoms with van der Waals surface area (Å²) >= 11 is 0. The molecule has 0 aromatic carbocycles. The number of hydrogen-bond acceptors (Lipinski definition) is 1. The second-order valence-electron chi connectivity index (χ2n) is 12.6. The molecule has 1 nitrogen and oxygen atoms in total. The van der Waals surface area contributed by atoms with Crippen molar-refractivity contribution in [1.82, 2.24) is 0 Å². The average Bonchev–Trinajstić information content (AvgIpc) is 2.96. The molecule has 0 saturated heterocycles. The molecule has 4 aliphatic carbocycles. The van der Waals surface area contributed by atoms with Crippen LogP contribution in [0.3, 0.4) is 0 Å². The van der Waals surface area contributed by atoms with E-state index in [1.54, 1.807) is 12.8 Å². The van der Waals surface area contributed by atoms with E-state index in [4.69, 9.17) is 5.73 Å². The zero-order chi connectivity index (χ0) is 19.4. The molecule has 4 saturated carbocycles. The van der Waals surface area contributed by atoms with Gasteiger partial charge in [0.05, 0.1) is 0 Å². The van der Waals surface area contributed by atoms with Gasteiger partial charge < -0.3 is 5.73 Å². The Morgan fingerprint density at radius 1 is 0.889 bits per heavy atom. The van der Waals surface area contributed by atoms with Crippen molar-refractivity contribution in [3.63, 3.8) is 0 Å². The molecule has 4 rings (SSSR count). The monoisotopic (exact) mass is 373 g/mol. The fourth-order valence-electron chi connectivity index (χ4n) is 9.07. The maximum atomic E-state index is 6.31. The molecule has 156 valence electrons. The molecular weight excluding hydrogens is 326 g/mol. The van der Waals surface area contributed by atoms with Crippen molar-refractivity contribution in [3.8, 4) is 0 Å². The molecule has 4 fully saturated rings. The molecule has 0 bridgehead atoms. The highest BCUT2D eigenvalue weighted by molar-refractivity contribution is 5.09. The largest absolute Gasteiger partial charge is 0.326 e. The van der Waals surface area contributed by atoms with Gasteiger partial charge in [-0.25, -0.2) is 0 Å². The Balaban J connectivity index is 1.49. The molecule has 0 spiro atoms. The van der Waals surface area contributed by atoms with E-state index in [1.807, 2.05) is 0 Å². The van der Waals surface area contributed by atoms with Crippen LogP contribution >= 0.6 is 0 Å². The Labute approximate surface area is 169 Å². The summed E-state index contributed by atoms with van der Waals surface area (Å²) in [6.07, 6.45) is 17.8. The lowest BCUT2D eigenvalue weighted by molar-refractivity contribution is -0.114. The van der Waals surface area contributed by atoms with Crippen LogP contribution in [0.1, 0.15) is 112 Å². The van der Waals surface area contributed by atoms with Crippen LogP contribution in [0.2, 0.25) is 0 Å². The van der Waals surface area contributed by atoms with E-state index in [0.717, 1.165) is 35.5 Å². The van der Waals surface area contributed by atoms with Crippen molar-refractivity contribution >= 4 is 0 Å². The zero-order valence-electron chi connectivity index (χ0n) is 19.0. The van der Waals surface area contributed by atoms with Crippen LogP contribution in [0.5, 0.6) is 0 Å². The fraction of sp³-hybridized carbons (Fsp3) is 1.00. The summed E-state index contributed by atoms with van der Waals surface area (Å²) in [5.41, 5.74) is 7.62. The summed E-state index contributed by atoms with van der Waals surface area (Å²) in [5.74, 6) is 5.97. The highest BCUT2D eigenvalue weighted by Crippen LogP contribution is 2.68. The van der Waals surface area contributed by atoms with E-state index < -0.39 is 0 Å². The van der Waals surface area contributed by atoms with Crippen molar-refractivity contribution in [1.29, 1.82) is 0 Å². The minimum Gasteiger partial charge on any atom is -0.326 e. The molecule has 1 unspecified atom stereocenters. The zero-order valence-corrected chi connectivity index (χ0v) is 19.0. The molecule has 4 aliphatic rings. The van der Waals surface area contributed by atoms with E-state index in [9.17, 15) is 0 Å². The Hall–Kier alpha value is -0.0400. The van der Waals surface area contributed by atoms with Gasteiger partial charge in [0.2, 0.25) is 0 Å². The first-order valence-electron chi connectivity index (χ1n) is 12.4. The summed E-state index contributed by atoms with van der Waals surface area (Å²) in [6, 6.07) is 0. The molecule has 2 N–H and O–H groups in total. The van der Waals surface area contributed by atoms with Gasteiger partial charge in [0.1, 0.15) is 0 Å². The molecule has 8 atom stereocenters. The summed E-state index contributed by atoms with van der Waals surface area (Å²) in [7, 11) is 0. The van der Waals surface area contributed by atoms with Crippen molar-refractivity contribution < 1.29 is 0 Å². The SMILES string of the molecule is C[C@H](CCC(C)(C)N)[C@H]1CC[C@H]2[C@@H]3CCC4CCCC[C@]4(C)[C@H]3CC[C@]12C. The lowest BCUT2D eigenvalue weighted by atomic mass is 9.44. The Morgan fingerprint density at radius 2 is 1.63 bits per heavy atom. The first-order valence-corrected chi connectivity index (χ1v) is 12.4. The Kier molecular flexibility index (Phi) is 5.27. The van der Waals surface area contributed by atoms with E-state index in [1.165, 1.54) is 64.2 Å². The molecule has 0 heterocycles. The molecule has 0 radical (unpaired) electrons. The minimum atomic E-state index is -0.00120. The summed E-state index contributed by atoms with van der Waals surface area (Å²) in [4.78, 5) is 0. The molecule has 1 heteroatoms. The number of fused-ring (bicyclic) bond motifs is 5. The summed E-state index contributed by atoms with van der Waals surface area (Å²) in [5, 5.41) is 0. The molecule has 0 amide bonds. The van der Waals surface area contributed by atoms with E-state index >= 15 is 0 Å². The van der Waals surface area contributed by atoms with Gasteiger partial charge in [0, 0.05) is 5.54 Å². The second kappa shape index (κ2) is 7.03. The third-order valence-electron chi connectivity index (χ3n) is 10.6. The molecule has 0 aliphatic heterocycles. The van der Waals surface area contributed by atoms with Crippen LogP contribution in [-0.2, 0) is 0 Å². The number of nitrogens with two attached hydrogens (primary N) is 1. The third kappa shape index (κ3) is 3.43. The summed E-state index contributed by atoms with van der Waals surface area (Å²) < 4.78 is 0. The summed E-state index contributed by atoms with van der Waals surface area (Å²) in [6.45, 7) is 12.4. The smallest absolute Gasteiger partial charge is 0.00971 e. The lowest BCUT2D eigenvalue weighted by Gasteiger charge is -2.61. The fourth-order valence-corrected chi connectivity index (χ4v) is 9.07. The van der Waals surface area contributed by atoms with E-state index in [-0.39, 0.29) is 5.54 Å². The van der Waals surface area contributed by atoms with Crippen molar-refractivity contribution in [2.45, 2.75) is 117 Å². The molecule has 0 aromatic rings. The maximum Gasteiger partial charge on any atom is 0.00971 e. The van der Waals surface area contributed by atoms with Crippen LogP contribution in [0.15, 0.2) is 0 Å². The van der Waals surface area contributed by atoms with Gasteiger partial charge in [-0.2, -0.15) is 0 Å². The second-order valence-corrected chi connectivity index (χ2v) is 12.6. The van der Waals surface area contributed by atoms with Gasteiger partial charge in [0.25, 0.3) is 0 Å². The average molecular weight is 374 g/mol. The predicted octanol–water partition coefficient (Wildman–Crippen LogP) is 7.19. The van der Waals surface area contributed by atoms with Gasteiger partial charge in [-0.1, -0.05) is 33.6 Å². The van der Waals surface area contributed by atoms with Crippen molar-refractivity contribution in [2.24, 2.45) is 52.1 Å². The lowest BCUT2D eigenvalue weighted by Crippen LogP contribution is -2.53. The van der Waals surface area contributed by atoms with Crippen LogP contribution in [-0.4, -0.2) is 5.54 Å². The van der Waals surface area contributed by atoms with Crippen molar-refractivity contribution in [3.05, 3.63) is 0 Å². The predicted molar refractivity (Wildman–Crippen MR) is 116 cm³/mol. The highest BCUT2D eigenvalue weighted by atomic mass is 14.7. The standard InChI is InChI=1S/C26H47N/c1-18(13-16-24(2,3)27)21-11-12-22-20-10-9-19-8-6-7-15-25(19,4)23(20)14-17-26(21,22)5/h18-23H,6-17,27H2,1-5H3/t18-,19?,20+,21-,22+,23+,25+,26-/m1/s1. The Morgan fingerprint density at radius 3 is 2.37 bits per heavy atom. The van der Waals surface area contributed by atoms with Gasteiger partial charge >= 0.3 is 0 Å². The first kappa shape index (κ1) is 20.2. The molecule has 0 aromatic heterocycles. The quantitative estimate of drug-likeness (QED) is 0.554.